The highest BCUT2D eigenvalue weighted by molar-refractivity contribution is 5.95. The highest BCUT2D eigenvalue weighted by atomic mass is 16.5. The molecule has 0 aliphatic rings. The fourth-order valence-electron chi connectivity index (χ4n) is 2.97. The Kier molecular flexibility index (Phi) is 5.82. The van der Waals surface area contributed by atoms with Crippen molar-refractivity contribution in [3.05, 3.63) is 81.1 Å². The van der Waals surface area contributed by atoms with Gasteiger partial charge in [-0.1, -0.05) is 24.3 Å². The normalized spacial score (nSPS) is 11.8. The molecule has 29 heavy (non-hydrogen) atoms. The van der Waals surface area contributed by atoms with Gasteiger partial charge in [0.25, 0.3) is 11.5 Å². The molecule has 1 heterocycles. The van der Waals surface area contributed by atoms with Crippen LogP contribution in [0.25, 0.3) is 5.69 Å². The summed E-state index contributed by atoms with van der Waals surface area (Å²) >= 11 is 0. The molecule has 0 spiro atoms. The molecule has 150 valence electrons. The molecule has 0 aliphatic heterocycles. The van der Waals surface area contributed by atoms with Crippen molar-refractivity contribution in [2.24, 2.45) is 0 Å². The van der Waals surface area contributed by atoms with Crippen LogP contribution in [0.5, 0.6) is 5.88 Å². The molecule has 3 aromatic rings. The third-order valence-electron chi connectivity index (χ3n) is 4.91. The summed E-state index contributed by atoms with van der Waals surface area (Å²) in [4.78, 5) is 24.9. The molecular formula is C23H25N3O3. The molecule has 0 saturated heterocycles. The highest BCUT2D eigenvalue weighted by Gasteiger charge is 2.18. The molecule has 0 fully saturated rings. The second kappa shape index (κ2) is 8.31. The van der Waals surface area contributed by atoms with E-state index in [-0.39, 0.29) is 17.3 Å². The van der Waals surface area contributed by atoms with Gasteiger partial charge in [0, 0.05) is 17.8 Å². The lowest BCUT2D eigenvalue weighted by Gasteiger charge is -2.17. The molecule has 0 saturated carbocycles. The van der Waals surface area contributed by atoms with Crippen LogP contribution in [0.3, 0.4) is 0 Å². The number of nitrogens with zero attached hydrogens (tertiary/aromatic N) is 2. The number of carbonyl (C=O) groups excluding carboxylic acids is 1. The molecule has 0 radical (unpaired) electrons. The molecular weight excluding hydrogens is 366 g/mol. The van der Waals surface area contributed by atoms with Gasteiger partial charge in [-0.2, -0.15) is 4.68 Å². The van der Waals surface area contributed by atoms with Crippen molar-refractivity contribution >= 4 is 11.6 Å². The van der Waals surface area contributed by atoms with E-state index in [1.807, 2.05) is 64.1 Å². The maximum atomic E-state index is 12.6. The molecule has 0 bridgehead atoms. The standard InChI is InChI=1S/C23H25N3O3/c1-14-9-10-19(13-17(14)4)26-21(27)12-11-20(25-26)29-18(5)23(28)24-22-15(2)7-6-8-16(22)3/h6-13,18H,1-5H3,(H,24,28)/t18-/m0/s1. The van der Waals surface area contributed by atoms with E-state index in [1.54, 1.807) is 6.92 Å². The van der Waals surface area contributed by atoms with Crippen molar-refractivity contribution < 1.29 is 9.53 Å². The Bertz CT molecular complexity index is 1100. The molecule has 3 rings (SSSR count). The van der Waals surface area contributed by atoms with Crippen LogP contribution in [0.15, 0.2) is 53.3 Å². The van der Waals surface area contributed by atoms with Crippen LogP contribution in [0, 0.1) is 27.7 Å². The number of ether oxygens (including phenoxy) is 1. The Morgan fingerprint density at radius 1 is 0.966 bits per heavy atom. The van der Waals surface area contributed by atoms with Crippen molar-refractivity contribution in [2.45, 2.75) is 40.7 Å². The third kappa shape index (κ3) is 4.54. The summed E-state index contributed by atoms with van der Waals surface area (Å²) in [5, 5.41) is 7.19. The molecule has 1 amide bonds. The largest absolute Gasteiger partial charge is 0.463 e. The highest BCUT2D eigenvalue weighted by Crippen LogP contribution is 2.20. The first-order valence-electron chi connectivity index (χ1n) is 9.48. The SMILES string of the molecule is Cc1ccc(-n2nc(O[C@@H](C)C(=O)Nc3c(C)cccc3C)ccc2=O)cc1C. The molecule has 1 N–H and O–H groups in total. The maximum Gasteiger partial charge on any atom is 0.271 e. The molecule has 6 heteroatoms. The second-order valence-corrected chi connectivity index (χ2v) is 7.21. The zero-order valence-electron chi connectivity index (χ0n) is 17.3. The quantitative estimate of drug-likeness (QED) is 0.716. The van der Waals surface area contributed by atoms with Crippen LogP contribution in [0.2, 0.25) is 0 Å². The minimum Gasteiger partial charge on any atom is -0.463 e. The third-order valence-corrected chi connectivity index (χ3v) is 4.91. The van der Waals surface area contributed by atoms with Crippen LogP contribution in [0.4, 0.5) is 5.69 Å². The number of hydrogen-bond donors (Lipinski definition) is 1. The first-order valence-corrected chi connectivity index (χ1v) is 9.48. The summed E-state index contributed by atoms with van der Waals surface area (Å²) in [6, 6.07) is 14.3. The summed E-state index contributed by atoms with van der Waals surface area (Å²) in [5.74, 6) is -0.0832. The number of benzene rings is 2. The van der Waals surface area contributed by atoms with Crippen molar-refractivity contribution in [3.63, 3.8) is 0 Å². The summed E-state index contributed by atoms with van der Waals surface area (Å²) in [7, 11) is 0. The smallest absolute Gasteiger partial charge is 0.271 e. The lowest BCUT2D eigenvalue weighted by Crippen LogP contribution is -2.32. The van der Waals surface area contributed by atoms with Gasteiger partial charge in [-0.05, 0) is 69.0 Å². The van der Waals surface area contributed by atoms with Gasteiger partial charge >= 0.3 is 0 Å². The van der Waals surface area contributed by atoms with E-state index in [4.69, 9.17) is 4.74 Å². The number of rotatable bonds is 5. The average molecular weight is 391 g/mol. The predicted molar refractivity (Wildman–Crippen MR) is 114 cm³/mol. The van der Waals surface area contributed by atoms with Crippen LogP contribution >= 0.6 is 0 Å². The van der Waals surface area contributed by atoms with E-state index in [9.17, 15) is 9.59 Å². The Morgan fingerprint density at radius 2 is 1.66 bits per heavy atom. The monoisotopic (exact) mass is 391 g/mol. The minimum atomic E-state index is -0.785. The van der Waals surface area contributed by atoms with Crippen molar-refractivity contribution in [1.82, 2.24) is 9.78 Å². The fourth-order valence-corrected chi connectivity index (χ4v) is 2.97. The topological polar surface area (TPSA) is 73.2 Å². The van der Waals surface area contributed by atoms with E-state index in [0.29, 0.717) is 5.69 Å². The van der Waals surface area contributed by atoms with Crippen LogP contribution in [0.1, 0.15) is 29.2 Å². The van der Waals surface area contributed by atoms with Gasteiger partial charge in [0.05, 0.1) is 5.69 Å². The van der Waals surface area contributed by atoms with E-state index in [1.165, 1.54) is 16.8 Å². The Labute approximate surface area is 170 Å². The zero-order chi connectivity index (χ0) is 21.1. The number of aryl methyl sites for hydroxylation is 4. The van der Waals surface area contributed by atoms with Gasteiger partial charge < -0.3 is 10.1 Å². The predicted octanol–water partition coefficient (Wildman–Crippen LogP) is 3.87. The number of aromatic nitrogens is 2. The number of amides is 1. The van der Waals surface area contributed by atoms with Crippen molar-refractivity contribution in [3.8, 4) is 11.6 Å². The molecule has 0 unspecified atom stereocenters. The zero-order valence-corrected chi connectivity index (χ0v) is 17.3. The van der Waals surface area contributed by atoms with Gasteiger partial charge in [-0.25, -0.2) is 0 Å². The van der Waals surface area contributed by atoms with Crippen LogP contribution in [-0.2, 0) is 4.79 Å². The van der Waals surface area contributed by atoms with E-state index in [2.05, 4.69) is 10.4 Å². The summed E-state index contributed by atoms with van der Waals surface area (Å²) in [6.45, 7) is 9.51. The lowest BCUT2D eigenvalue weighted by molar-refractivity contribution is -0.122. The fraction of sp³-hybridized carbons (Fsp3) is 0.261. The Hall–Kier alpha value is -3.41. The number of nitrogens with one attached hydrogen (secondary N) is 1. The van der Waals surface area contributed by atoms with Crippen molar-refractivity contribution in [1.29, 1.82) is 0 Å². The van der Waals surface area contributed by atoms with E-state index < -0.39 is 6.10 Å². The minimum absolute atomic E-state index is 0.201. The number of hydrogen-bond acceptors (Lipinski definition) is 4. The van der Waals surface area contributed by atoms with E-state index >= 15 is 0 Å². The van der Waals surface area contributed by atoms with Gasteiger partial charge in [-0.15, -0.1) is 5.10 Å². The van der Waals surface area contributed by atoms with Gasteiger partial charge in [0.1, 0.15) is 0 Å². The molecule has 1 aromatic heterocycles. The molecule has 1 atom stereocenters. The summed E-state index contributed by atoms with van der Waals surface area (Å²) in [5.41, 5.74) is 5.30. The summed E-state index contributed by atoms with van der Waals surface area (Å²) in [6.07, 6.45) is -0.785. The van der Waals surface area contributed by atoms with Crippen LogP contribution < -0.4 is 15.6 Å². The molecule has 0 aliphatic carbocycles. The molecule has 6 nitrogen and oxygen atoms in total. The average Bonchev–Trinajstić information content (AvgIpc) is 2.68. The number of carbonyl (C=O) groups is 1. The summed E-state index contributed by atoms with van der Waals surface area (Å²) < 4.78 is 6.99. The van der Waals surface area contributed by atoms with Crippen LogP contribution in [-0.4, -0.2) is 21.8 Å². The first-order chi connectivity index (χ1) is 13.8. The maximum absolute atomic E-state index is 12.6. The Balaban J connectivity index is 1.80. The second-order valence-electron chi connectivity index (χ2n) is 7.21. The number of para-hydroxylation sites is 1. The van der Waals surface area contributed by atoms with Crippen molar-refractivity contribution in [2.75, 3.05) is 5.32 Å². The van der Waals surface area contributed by atoms with Gasteiger partial charge in [0.2, 0.25) is 5.88 Å². The van der Waals surface area contributed by atoms with Gasteiger partial charge in [0.15, 0.2) is 6.10 Å². The molecule has 2 aromatic carbocycles. The number of anilines is 1. The van der Waals surface area contributed by atoms with Gasteiger partial charge in [-0.3, -0.25) is 9.59 Å². The Morgan fingerprint density at radius 3 is 2.31 bits per heavy atom. The van der Waals surface area contributed by atoms with E-state index in [0.717, 1.165) is 27.9 Å². The lowest BCUT2D eigenvalue weighted by atomic mass is 10.1. The first kappa shape index (κ1) is 20.3.